The molecule has 0 aliphatic carbocycles. The number of halogens is 1. The second-order valence-electron chi connectivity index (χ2n) is 11.3. The van der Waals surface area contributed by atoms with Crippen molar-refractivity contribution in [2.24, 2.45) is 5.73 Å². The van der Waals surface area contributed by atoms with E-state index in [0.717, 1.165) is 52.1 Å². The van der Waals surface area contributed by atoms with Crippen molar-refractivity contribution in [3.05, 3.63) is 101 Å². The largest absolute Gasteiger partial charge is 0.366 e. The van der Waals surface area contributed by atoms with Gasteiger partial charge in [-0.1, -0.05) is 37.3 Å². The summed E-state index contributed by atoms with van der Waals surface area (Å²) in [5.74, 6) is -0.712. The number of amides is 3. The van der Waals surface area contributed by atoms with E-state index in [1.807, 2.05) is 35.4 Å². The van der Waals surface area contributed by atoms with Gasteiger partial charge in [-0.3, -0.25) is 24.4 Å². The predicted molar refractivity (Wildman–Crippen MR) is 172 cm³/mol. The molecule has 10 nitrogen and oxygen atoms in total. The Bertz CT molecular complexity index is 1970. The standard InChI is InChI=1S/C35H34FN7O3/c1-3-31-41-33(30-20-42(21(2)44)15-16-43(30)31)25-10-5-8-23-17-29(40-19-27(23)25)24-12-13-28(39-18-24)35(46)38-14-6-9-22-7-4-11-26(32(22)36)34(37)45/h4-5,7-8,10-13,17-19H,3,6,9,14-16,20H2,1-2H3,(H2,37,45)(H,38,46). The number of benzene rings is 2. The number of nitrogens with one attached hydrogen (secondary N) is 1. The number of aryl methyl sites for hydroxylation is 2. The molecular weight excluding hydrogens is 585 g/mol. The van der Waals surface area contributed by atoms with Gasteiger partial charge in [0.1, 0.15) is 17.3 Å². The van der Waals surface area contributed by atoms with Crippen molar-refractivity contribution in [2.45, 2.75) is 46.2 Å². The monoisotopic (exact) mass is 619 g/mol. The molecule has 0 saturated heterocycles. The summed E-state index contributed by atoms with van der Waals surface area (Å²) in [4.78, 5) is 52.2. The summed E-state index contributed by atoms with van der Waals surface area (Å²) in [5, 5.41) is 4.75. The molecule has 0 unspecified atom stereocenters. The first-order valence-corrected chi connectivity index (χ1v) is 15.3. The van der Waals surface area contributed by atoms with Crippen LogP contribution >= 0.6 is 0 Å². The minimum Gasteiger partial charge on any atom is -0.366 e. The summed E-state index contributed by atoms with van der Waals surface area (Å²) in [6.45, 7) is 5.93. The first kappa shape index (κ1) is 30.6. The minimum absolute atomic E-state index is 0.0545. The van der Waals surface area contributed by atoms with Crippen LogP contribution in [0.5, 0.6) is 0 Å². The number of fused-ring (bicyclic) bond motifs is 2. The van der Waals surface area contributed by atoms with Crippen LogP contribution in [-0.2, 0) is 30.7 Å². The normalized spacial score (nSPS) is 12.6. The maximum absolute atomic E-state index is 14.4. The van der Waals surface area contributed by atoms with Crippen molar-refractivity contribution in [1.82, 2.24) is 29.7 Å². The Balaban J connectivity index is 1.15. The average Bonchev–Trinajstić information content (AvgIpc) is 3.44. The molecule has 6 rings (SSSR count). The molecule has 5 aromatic rings. The molecule has 46 heavy (non-hydrogen) atoms. The van der Waals surface area contributed by atoms with Gasteiger partial charge in [-0.15, -0.1) is 0 Å². The van der Waals surface area contributed by atoms with Gasteiger partial charge in [-0.2, -0.15) is 0 Å². The van der Waals surface area contributed by atoms with E-state index in [4.69, 9.17) is 15.7 Å². The molecule has 3 aromatic heterocycles. The lowest BCUT2D eigenvalue weighted by Gasteiger charge is -2.28. The molecule has 0 fully saturated rings. The first-order valence-electron chi connectivity index (χ1n) is 15.3. The number of rotatable bonds is 9. The van der Waals surface area contributed by atoms with Crippen LogP contribution in [0.4, 0.5) is 4.39 Å². The van der Waals surface area contributed by atoms with Crippen LogP contribution in [0.2, 0.25) is 0 Å². The summed E-state index contributed by atoms with van der Waals surface area (Å²) >= 11 is 0. The SMILES string of the molecule is CCc1nc(-c2cccc3cc(-c4ccc(C(=O)NCCCc5cccc(C(N)=O)c5F)nc4)ncc23)c2n1CCN(C(C)=O)C2. The molecule has 0 radical (unpaired) electrons. The second-order valence-corrected chi connectivity index (χ2v) is 11.3. The molecule has 2 aromatic carbocycles. The smallest absolute Gasteiger partial charge is 0.269 e. The highest BCUT2D eigenvalue weighted by atomic mass is 19.1. The van der Waals surface area contributed by atoms with Crippen molar-refractivity contribution in [3.8, 4) is 22.5 Å². The highest BCUT2D eigenvalue weighted by molar-refractivity contribution is 5.98. The maximum atomic E-state index is 14.4. The van der Waals surface area contributed by atoms with Crippen molar-refractivity contribution in [2.75, 3.05) is 13.1 Å². The van der Waals surface area contributed by atoms with E-state index in [1.165, 1.54) is 6.07 Å². The number of hydrogen-bond acceptors (Lipinski definition) is 6. The number of imidazole rings is 1. The Morgan fingerprint density at radius 2 is 1.85 bits per heavy atom. The second kappa shape index (κ2) is 12.9. The predicted octanol–water partition coefficient (Wildman–Crippen LogP) is 4.69. The summed E-state index contributed by atoms with van der Waals surface area (Å²) in [5.41, 5.74) is 10.1. The van der Waals surface area contributed by atoms with Crippen LogP contribution in [0.15, 0.2) is 67.0 Å². The number of carbonyl (C=O) groups excluding carboxylic acids is 3. The summed E-state index contributed by atoms with van der Waals surface area (Å²) in [6, 6.07) is 16.1. The topological polar surface area (TPSA) is 136 Å². The third kappa shape index (κ3) is 5.95. The molecule has 0 spiro atoms. The van der Waals surface area contributed by atoms with Crippen molar-refractivity contribution >= 4 is 28.5 Å². The van der Waals surface area contributed by atoms with E-state index >= 15 is 0 Å². The maximum Gasteiger partial charge on any atom is 0.269 e. The van der Waals surface area contributed by atoms with Crippen molar-refractivity contribution in [3.63, 3.8) is 0 Å². The zero-order valence-corrected chi connectivity index (χ0v) is 25.7. The minimum atomic E-state index is -0.813. The highest BCUT2D eigenvalue weighted by Gasteiger charge is 2.26. The van der Waals surface area contributed by atoms with Crippen molar-refractivity contribution in [1.29, 1.82) is 0 Å². The molecule has 234 valence electrons. The summed E-state index contributed by atoms with van der Waals surface area (Å²) in [6.07, 6.45) is 5.07. The van der Waals surface area contributed by atoms with Gasteiger partial charge < -0.3 is 20.5 Å². The van der Waals surface area contributed by atoms with Gasteiger partial charge in [0, 0.05) is 61.9 Å². The Labute approximate surface area is 265 Å². The number of nitrogens with zero attached hydrogens (tertiary/aromatic N) is 5. The van der Waals surface area contributed by atoms with E-state index in [-0.39, 0.29) is 23.1 Å². The molecule has 3 N–H and O–H groups in total. The molecule has 3 amide bonds. The zero-order valence-electron chi connectivity index (χ0n) is 25.7. The van der Waals surface area contributed by atoms with Crippen LogP contribution in [0.3, 0.4) is 0 Å². The van der Waals surface area contributed by atoms with Crippen LogP contribution in [0.1, 0.15) is 58.2 Å². The first-order chi connectivity index (χ1) is 22.2. The number of nitrogens with two attached hydrogens (primary N) is 1. The Hall–Kier alpha value is -5.45. The van der Waals surface area contributed by atoms with E-state index in [1.54, 1.807) is 37.4 Å². The molecule has 1 aliphatic heterocycles. The molecular formula is C35H34FN7O3. The summed E-state index contributed by atoms with van der Waals surface area (Å²) < 4.78 is 16.7. The number of primary amides is 1. The Morgan fingerprint density at radius 3 is 2.59 bits per heavy atom. The highest BCUT2D eigenvalue weighted by Crippen LogP contribution is 2.34. The number of pyridine rings is 2. The third-order valence-corrected chi connectivity index (χ3v) is 8.41. The number of aromatic nitrogens is 4. The fourth-order valence-corrected chi connectivity index (χ4v) is 5.95. The number of hydrogen-bond donors (Lipinski definition) is 2. The lowest BCUT2D eigenvalue weighted by atomic mass is 10.0. The van der Waals surface area contributed by atoms with Gasteiger partial charge in [-0.05, 0) is 48.1 Å². The van der Waals surface area contributed by atoms with Crippen LogP contribution in [-0.4, -0.2) is 55.2 Å². The summed E-state index contributed by atoms with van der Waals surface area (Å²) in [7, 11) is 0. The third-order valence-electron chi connectivity index (χ3n) is 8.41. The van der Waals surface area contributed by atoms with E-state index in [2.05, 4.69) is 21.8 Å². The van der Waals surface area contributed by atoms with E-state index in [0.29, 0.717) is 43.7 Å². The average molecular weight is 620 g/mol. The quantitative estimate of drug-likeness (QED) is 0.230. The van der Waals surface area contributed by atoms with Crippen molar-refractivity contribution < 1.29 is 18.8 Å². The number of carbonyl (C=O) groups is 3. The molecule has 0 saturated carbocycles. The lowest BCUT2D eigenvalue weighted by molar-refractivity contribution is -0.130. The van der Waals surface area contributed by atoms with Crippen LogP contribution < -0.4 is 11.1 Å². The Kier molecular flexibility index (Phi) is 8.56. The van der Waals surface area contributed by atoms with Gasteiger partial charge in [0.25, 0.3) is 11.8 Å². The van der Waals surface area contributed by atoms with Gasteiger partial charge in [-0.25, -0.2) is 9.37 Å². The molecule has 1 aliphatic rings. The van der Waals surface area contributed by atoms with E-state index < -0.39 is 11.7 Å². The van der Waals surface area contributed by atoms with E-state index in [9.17, 15) is 18.8 Å². The zero-order chi connectivity index (χ0) is 32.4. The lowest BCUT2D eigenvalue weighted by Crippen LogP contribution is -2.37. The van der Waals surface area contributed by atoms with Crippen LogP contribution in [0, 0.1) is 5.82 Å². The molecule has 4 heterocycles. The van der Waals surface area contributed by atoms with Crippen LogP contribution in [0.25, 0.3) is 33.3 Å². The van der Waals surface area contributed by atoms with Gasteiger partial charge in [0.15, 0.2) is 0 Å². The Morgan fingerprint density at radius 1 is 1.02 bits per heavy atom. The molecule has 0 bridgehead atoms. The fourth-order valence-electron chi connectivity index (χ4n) is 5.95. The van der Waals surface area contributed by atoms with Gasteiger partial charge >= 0.3 is 0 Å². The molecule has 0 atom stereocenters. The molecule has 11 heteroatoms. The fraction of sp³-hybridized carbons (Fsp3) is 0.257. The van der Waals surface area contributed by atoms with Gasteiger partial charge in [0.05, 0.1) is 29.2 Å². The van der Waals surface area contributed by atoms with Gasteiger partial charge in [0.2, 0.25) is 5.91 Å².